The predicted octanol–water partition coefficient (Wildman–Crippen LogP) is 2.26. The maximum Gasteiger partial charge on any atom is 0.229 e. The van der Waals surface area contributed by atoms with Crippen molar-refractivity contribution in [1.29, 1.82) is 0 Å². The average molecular weight is 402 g/mol. The van der Waals surface area contributed by atoms with Crippen molar-refractivity contribution in [3.63, 3.8) is 0 Å². The minimum atomic E-state index is -0.121. The van der Waals surface area contributed by atoms with E-state index in [-0.39, 0.29) is 30.2 Å². The minimum Gasteiger partial charge on any atom is -0.353 e. The van der Waals surface area contributed by atoms with Crippen LogP contribution in [0.2, 0.25) is 0 Å². The summed E-state index contributed by atoms with van der Waals surface area (Å²) in [6.07, 6.45) is 7.48. The van der Waals surface area contributed by atoms with Crippen LogP contribution in [0.3, 0.4) is 0 Å². The highest BCUT2D eigenvalue weighted by Gasteiger charge is 2.34. The molecular formula is C19H24ClN7O. The molecule has 148 valence electrons. The molecule has 0 radical (unpaired) electrons. The number of anilines is 3. The Bertz CT molecular complexity index is 951. The van der Waals surface area contributed by atoms with Crippen molar-refractivity contribution in [2.45, 2.75) is 5.92 Å². The van der Waals surface area contributed by atoms with Crippen LogP contribution in [-0.4, -0.2) is 38.6 Å². The number of hydrogen-bond donors (Lipinski definition) is 3. The number of rotatable bonds is 5. The quantitative estimate of drug-likeness (QED) is 0.610. The van der Waals surface area contributed by atoms with Gasteiger partial charge in [-0.2, -0.15) is 10.2 Å². The van der Waals surface area contributed by atoms with Crippen molar-refractivity contribution in [2.75, 3.05) is 23.7 Å². The van der Waals surface area contributed by atoms with Gasteiger partial charge < -0.3 is 16.0 Å². The van der Waals surface area contributed by atoms with Gasteiger partial charge in [-0.15, -0.1) is 12.4 Å². The fourth-order valence-electron chi connectivity index (χ4n) is 3.50. The zero-order valence-corrected chi connectivity index (χ0v) is 16.6. The lowest BCUT2D eigenvalue weighted by Gasteiger charge is -2.17. The third kappa shape index (κ3) is 4.35. The molecule has 3 aromatic rings. The summed E-state index contributed by atoms with van der Waals surface area (Å²) in [6, 6.07) is 7.69. The topological polar surface area (TPSA) is 88.8 Å². The minimum absolute atomic E-state index is 0. The van der Waals surface area contributed by atoms with E-state index in [4.69, 9.17) is 0 Å². The Morgan fingerprint density at radius 3 is 2.54 bits per heavy atom. The molecule has 1 aromatic carbocycles. The van der Waals surface area contributed by atoms with Crippen LogP contribution < -0.4 is 16.0 Å². The Balaban J connectivity index is 0.00000225. The van der Waals surface area contributed by atoms with Crippen LogP contribution >= 0.6 is 12.4 Å². The molecule has 0 unspecified atom stereocenters. The van der Waals surface area contributed by atoms with Gasteiger partial charge in [0.2, 0.25) is 5.91 Å². The molecule has 3 heterocycles. The Hall–Kier alpha value is -2.84. The molecule has 0 spiro atoms. The number of amides is 1. The van der Waals surface area contributed by atoms with Gasteiger partial charge in [-0.1, -0.05) is 6.07 Å². The van der Waals surface area contributed by atoms with Crippen molar-refractivity contribution < 1.29 is 4.79 Å². The van der Waals surface area contributed by atoms with Gasteiger partial charge in [0.15, 0.2) is 0 Å². The molecule has 3 N–H and O–H groups in total. The second kappa shape index (κ2) is 8.45. The van der Waals surface area contributed by atoms with Gasteiger partial charge in [-0.05, 0) is 23.8 Å². The zero-order chi connectivity index (χ0) is 18.8. The van der Waals surface area contributed by atoms with Gasteiger partial charge in [0.25, 0.3) is 0 Å². The fraction of sp³-hybridized carbons (Fsp3) is 0.316. The zero-order valence-electron chi connectivity index (χ0n) is 15.8. The molecule has 0 aliphatic carbocycles. The van der Waals surface area contributed by atoms with E-state index in [1.165, 1.54) is 0 Å². The lowest BCUT2D eigenvalue weighted by molar-refractivity contribution is -0.119. The first kappa shape index (κ1) is 19.9. The van der Waals surface area contributed by atoms with E-state index in [0.717, 1.165) is 29.2 Å². The van der Waals surface area contributed by atoms with Crippen LogP contribution in [0, 0.1) is 5.92 Å². The van der Waals surface area contributed by atoms with Gasteiger partial charge in [-0.25, -0.2) is 0 Å². The van der Waals surface area contributed by atoms with E-state index >= 15 is 0 Å². The first-order chi connectivity index (χ1) is 13.1. The van der Waals surface area contributed by atoms with Gasteiger partial charge in [-0.3, -0.25) is 14.2 Å². The Morgan fingerprint density at radius 2 is 1.82 bits per heavy atom. The SMILES string of the molecule is Cl.Cn1cc(Nc2cccc(NC(=O)[C@H]3CNC[C@@H]3c3cnn(C)c3)c2)cn1. The van der Waals surface area contributed by atoms with Crippen LogP contribution in [-0.2, 0) is 18.9 Å². The third-order valence-corrected chi connectivity index (χ3v) is 4.83. The number of aromatic nitrogens is 4. The smallest absolute Gasteiger partial charge is 0.229 e. The average Bonchev–Trinajstić information content (AvgIpc) is 3.36. The molecule has 0 saturated carbocycles. The highest BCUT2D eigenvalue weighted by atomic mass is 35.5. The summed E-state index contributed by atoms with van der Waals surface area (Å²) in [7, 11) is 3.76. The van der Waals surface area contributed by atoms with Gasteiger partial charge in [0, 0.05) is 56.9 Å². The van der Waals surface area contributed by atoms with Crippen molar-refractivity contribution in [2.24, 2.45) is 20.0 Å². The molecule has 1 fully saturated rings. The summed E-state index contributed by atoms with van der Waals surface area (Å²) >= 11 is 0. The van der Waals surface area contributed by atoms with Crippen molar-refractivity contribution in [1.82, 2.24) is 24.9 Å². The van der Waals surface area contributed by atoms with Crippen molar-refractivity contribution >= 4 is 35.4 Å². The van der Waals surface area contributed by atoms with Crippen molar-refractivity contribution in [3.05, 3.63) is 54.6 Å². The highest BCUT2D eigenvalue weighted by molar-refractivity contribution is 5.94. The first-order valence-electron chi connectivity index (χ1n) is 8.94. The number of hydrogen-bond acceptors (Lipinski definition) is 5. The maximum absolute atomic E-state index is 12.9. The molecule has 2 atom stereocenters. The summed E-state index contributed by atoms with van der Waals surface area (Å²) in [4.78, 5) is 12.9. The van der Waals surface area contributed by atoms with E-state index in [9.17, 15) is 4.79 Å². The summed E-state index contributed by atoms with van der Waals surface area (Å²) in [6.45, 7) is 1.45. The molecule has 1 saturated heterocycles. The van der Waals surface area contributed by atoms with Gasteiger partial charge in [0.1, 0.15) is 0 Å². The fourth-order valence-corrected chi connectivity index (χ4v) is 3.50. The Morgan fingerprint density at radius 1 is 1.07 bits per heavy atom. The second-order valence-electron chi connectivity index (χ2n) is 6.92. The van der Waals surface area contributed by atoms with E-state index in [1.807, 2.05) is 57.0 Å². The maximum atomic E-state index is 12.9. The summed E-state index contributed by atoms with van der Waals surface area (Å²) in [5.74, 6) is 0.0342. The van der Waals surface area contributed by atoms with Crippen molar-refractivity contribution in [3.8, 4) is 0 Å². The summed E-state index contributed by atoms with van der Waals surface area (Å²) in [5.41, 5.74) is 3.66. The monoisotopic (exact) mass is 401 g/mol. The van der Waals surface area contributed by atoms with E-state index < -0.39 is 0 Å². The normalized spacial score (nSPS) is 18.5. The molecule has 8 nitrogen and oxygen atoms in total. The molecule has 9 heteroatoms. The first-order valence-corrected chi connectivity index (χ1v) is 8.94. The Kier molecular flexibility index (Phi) is 6.01. The molecule has 2 aromatic heterocycles. The lowest BCUT2D eigenvalue weighted by atomic mass is 9.90. The number of aryl methyl sites for hydroxylation is 2. The third-order valence-electron chi connectivity index (χ3n) is 4.83. The van der Waals surface area contributed by atoms with E-state index in [0.29, 0.717) is 6.54 Å². The van der Waals surface area contributed by atoms with Crippen LogP contribution in [0.15, 0.2) is 49.1 Å². The molecule has 1 aliphatic rings. The molecule has 4 rings (SSSR count). The molecular weight excluding hydrogens is 378 g/mol. The number of carbonyl (C=O) groups is 1. The van der Waals surface area contributed by atoms with Crippen LogP contribution in [0.5, 0.6) is 0 Å². The summed E-state index contributed by atoms with van der Waals surface area (Å²) in [5, 5.41) is 18.0. The second-order valence-corrected chi connectivity index (χ2v) is 6.92. The van der Waals surface area contributed by atoms with E-state index in [1.54, 1.807) is 15.6 Å². The number of carbonyl (C=O) groups excluding carboxylic acids is 1. The van der Waals surface area contributed by atoms with Gasteiger partial charge in [0.05, 0.1) is 24.0 Å². The lowest BCUT2D eigenvalue weighted by Crippen LogP contribution is -2.28. The number of benzene rings is 1. The van der Waals surface area contributed by atoms with E-state index in [2.05, 4.69) is 26.1 Å². The van der Waals surface area contributed by atoms with Gasteiger partial charge >= 0.3 is 0 Å². The number of halogens is 1. The van der Waals surface area contributed by atoms with Crippen LogP contribution in [0.25, 0.3) is 0 Å². The molecule has 0 bridgehead atoms. The molecule has 1 amide bonds. The number of nitrogens with zero attached hydrogens (tertiary/aromatic N) is 4. The predicted molar refractivity (Wildman–Crippen MR) is 111 cm³/mol. The van der Waals surface area contributed by atoms with Crippen LogP contribution in [0.1, 0.15) is 11.5 Å². The highest BCUT2D eigenvalue weighted by Crippen LogP contribution is 2.29. The van der Waals surface area contributed by atoms with Crippen LogP contribution in [0.4, 0.5) is 17.1 Å². The number of nitrogens with one attached hydrogen (secondary N) is 3. The summed E-state index contributed by atoms with van der Waals surface area (Å²) < 4.78 is 3.51. The molecule has 28 heavy (non-hydrogen) atoms. The Labute approximate surface area is 169 Å². The largest absolute Gasteiger partial charge is 0.353 e. The standard InChI is InChI=1S/C19H23N7O.ClH/c1-25-11-13(7-21-25)17-9-20-10-18(17)19(27)24-15-5-3-4-14(6-15)23-16-8-22-26(2)12-16;/h3-8,11-12,17-18,20,23H,9-10H2,1-2H3,(H,24,27);1H/t17-,18+;/m1./s1. The molecule has 1 aliphatic heterocycles.